The second-order valence-electron chi connectivity index (χ2n) is 1.84. The number of nitrogens with zero attached hydrogens (tertiary/aromatic N) is 1. The van der Waals surface area contributed by atoms with Crippen molar-refractivity contribution in [2.45, 2.75) is 0 Å². The summed E-state index contributed by atoms with van der Waals surface area (Å²) >= 11 is 3.23. The average molecular weight is 202 g/mol. The Morgan fingerprint density at radius 2 is 2.40 bits per heavy atom. The van der Waals surface area contributed by atoms with Gasteiger partial charge in [0.2, 0.25) is 0 Å². The van der Waals surface area contributed by atoms with E-state index in [1.54, 1.807) is 6.20 Å². The van der Waals surface area contributed by atoms with E-state index in [9.17, 15) is 0 Å². The van der Waals surface area contributed by atoms with Crippen LogP contribution in [0.4, 0.5) is 11.4 Å². The fourth-order valence-electron chi connectivity index (χ4n) is 0.657. The molecule has 0 aliphatic heterocycles. The number of pyridine rings is 1. The molecule has 1 aromatic heterocycles. The van der Waals surface area contributed by atoms with Crippen molar-refractivity contribution in [1.82, 2.24) is 4.98 Å². The third-order valence-electron chi connectivity index (χ3n) is 1.17. The fourth-order valence-corrected chi connectivity index (χ4v) is 0.988. The number of hydrogen-bond donors (Lipinski definition) is 2. The molecule has 0 bridgehead atoms. The minimum absolute atomic E-state index is 0.658. The molecule has 0 fully saturated rings. The van der Waals surface area contributed by atoms with Gasteiger partial charge < -0.3 is 11.1 Å². The van der Waals surface area contributed by atoms with E-state index in [4.69, 9.17) is 5.73 Å². The SMILES string of the molecule is CNc1cc(Br)ncc1N. The van der Waals surface area contributed by atoms with Crippen LogP contribution in [0, 0.1) is 0 Å². The molecule has 1 heterocycles. The third kappa shape index (κ3) is 1.39. The zero-order valence-corrected chi connectivity index (χ0v) is 7.14. The maximum absolute atomic E-state index is 5.55. The Hall–Kier alpha value is -0.770. The first-order valence-corrected chi connectivity index (χ1v) is 3.62. The highest BCUT2D eigenvalue weighted by Crippen LogP contribution is 2.19. The minimum atomic E-state index is 0.658. The molecule has 3 N–H and O–H groups in total. The van der Waals surface area contributed by atoms with Gasteiger partial charge in [0.05, 0.1) is 17.6 Å². The van der Waals surface area contributed by atoms with E-state index in [1.165, 1.54) is 0 Å². The maximum Gasteiger partial charge on any atom is 0.108 e. The summed E-state index contributed by atoms with van der Waals surface area (Å²) in [5.41, 5.74) is 7.10. The summed E-state index contributed by atoms with van der Waals surface area (Å²) in [5, 5.41) is 2.94. The number of anilines is 2. The van der Waals surface area contributed by atoms with E-state index < -0.39 is 0 Å². The van der Waals surface area contributed by atoms with E-state index in [0.717, 1.165) is 10.3 Å². The Balaban J connectivity index is 3.09. The van der Waals surface area contributed by atoms with Crippen LogP contribution in [0.5, 0.6) is 0 Å². The molecule has 0 spiro atoms. The number of aromatic nitrogens is 1. The second-order valence-corrected chi connectivity index (χ2v) is 2.66. The summed E-state index contributed by atoms with van der Waals surface area (Å²) < 4.78 is 0.783. The van der Waals surface area contributed by atoms with Crippen LogP contribution in [-0.2, 0) is 0 Å². The normalized spacial score (nSPS) is 9.40. The van der Waals surface area contributed by atoms with Crippen LogP contribution in [0.2, 0.25) is 0 Å². The van der Waals surface area contributed by atoms with Crippen LogP contribution in [0.3, 0.4) is 0 Å². The van der Waals surface area contributed by atoms with Crippen molar-refractivity contribution in [3.63, 3.8) is 0 Å². The van der Waals surface area contributed by atoms with Crippen LogP contribution < -0.4 is 11.1 Å². The first-order valence-electron chi connectivity index (χ1n) is 2.83. The summed E-state index contributed by atoms with van der Waals surface area (Å²) in [6, 6.07) is 1.83. The summed E-state index contributed by atoms with van der Waals surface area (Å²) in [7, 11) is 1.82. The molecular formula is C6H8BrN3. The quantitative estimate of drug-likeness (QED) is 0.678. The number of hydrogen-bond acceptors (Lipinski definition) is 3. The number of nitrogens with two attached hydrogens (primary N) is 1. The Labute approximate surface area is 67.8 Å². The van der Waals surface area contributed by atoms with Crippen LogP contribution in [0.1, 0.15) is 0 Å². The second kappa shape index (κ2) is 2.88. The lowest BCUT2D eigenvalue weighted by Gasteiger charge is -2.02. The lowest BCUT2D eigenvalue weighted by Crippen LogP contribution is -1.96. The summed E-state index contributed by atoms with van der Waals surface area (Å²) in [4.78, 5) is 3.94. The molecule has 0 saturated carbocycles. The van der Waals surface area contributed by atoms with Crippen molar-refractivity contribution in [3.8, 4) is 0 Å². The summed E-state index contributed by atoms with van der Waals surface area (Å²) in [6.07, 6.45) is 1.61. The van der Waals surface area contributed by atoms with Gasteiger partial charge in [-0.3, -0.25) is 0 Å². The highest BCUT2D eigenvalue weighted by atomic mass is 79.9. The van der Waals surface area contributed by atoms with Crippen molar-refractivity contribution in [1.29, 1.82) is 0 Å². The standard InChI is InChI=1S/C6H8BrN3/c1-9-5-2-6(7)10-3-4(5)8/h2-3H,8H2,1H3,(H,9,10). The predicted molar refractivity (Wildman–Crippen MR) is 45.9 cm³/mol. The lowest BCUT2D eigenvalue weighted by atomic mass is 10.3. The fraction of sp³-hybridized carbons (Fsp3) is 0.167. The minimum Gasteiger partial charge on any atom is -0.396 e. The van der Waals surface area contributed by atoms with Gasteiger partial charge in [0, 0.05) is 7.05 Å². The van der Waals surface area contributed by atoms with E-state index in [1.807, 2.05) is 13.1 Å². The van der Waals surface area contributed by atoms with E-state index in [-0.39, 0.29) is 0 Å². The Morgan fingerprint density at radius 1 is 1.70 bits per heavy atom. The first kappa shape index (κ1) is 7.34. The highest BCUT2D eigenvalue weighted by Gasteiger charge is 1.96. The van der Waals surface area contributed by atoms with E-state index >= 15 is 0 Å². The van der Waals surface area contributed by atoms with Gasteiger partial charge in [-0.05, 0) is 22.0 Å². The molecule has 0 aromatic carbocycles. The van der Waals surface area contributed by atoms with Gasteiger partial charge in [-0.2, -0.15) is 0 Å². The molecule has 0 unspecified atom stereocenters. The number of halogens is 1. The molecular weight excluding hydrogens is 194 g/mol. The number of nitrogens with one attached hydrogen (secondary N) is 1. The van der Waals surface area contributed by atoms with Gasteiger partial charge in [-0.15, -0.1) is 0 Å². The van der Waals surface area contributed by atoms with Gasteiger partial charge in [0.1, 0.15) is 4.60 Å². The summed E-state index contributed by atoms with van der Waals surface area (Å²) in [5.74, 6) is 0. The molecule has 1 rings (SSSR count). The van der Waals surface area contributed by atoms with E-state index in [2.05, 4.69) is 26.2 Å². The molecule has 0 radical (unpaired) electrons. The van der Waals surface area contributed by atoms with Gasteiger partial charge in [-0.25, -0.2) is 4.98 Å². The van der Waals surface area contributed by atoms with Crippen molar-refractivity contribution in [3.05, 3.63) is 16.9 Å². The summed E-state index contributed by atoms with van der Waals surface area (Å²) in [6.45, 7) is 0. The van der Waals surface area contributed by atoms with Gasteiger partial charge in [0.15, 0.2) is 0 Å². The van der Waals surface area contributed by atoms with Gasteiger partial charge in [-0.1, -0.05) is 0 Å². The highest BCUT2D eigenvalue weighted by molar-refractivity contribution is 9.10. The molecule has 0 amide bonds. The monoisotopic (exact) mass is 201 g/mol. The van der Waals surface area contributed by atoms with Crippen molar-refractivity contribution >= 4 is 27.3 Å². The van der Waals surface area contributed by atoms with Crippen molar-refractivity contribution in [2.24, 2.45) is 0 Å². The lowest BCUT2D eigenvalue weighted by molar-refractivity contribution is 1.27. The zero-order valence-electron chi connectivity index (χ0n) is 5.56. The molecule has 0 aliphatic rings. The Morgan fingerprint density at radius 3 is 2.90 bits per heavy atom. The van der Waals surface area contributed by atoms with Crippen molar-refractivity contribution < 1.29 is 0 Å². The topological polar surface area (TPSA) is 50.9 Å². The number of nitrogen functional groups attached to an aromatic ring is 1. The molecule has 1 aromatic rings. The van der Waals surface area contributed by atoms with Gasteiger partial charge >= 0.3 is 0 Å². The molecule has 0 saturated heterocycles. The van der Waals surface area contributed by atoms with Crippen LogP contribution >= 0.6 is 15.9 Å². The maximum atomic E-state index is 5.55. The molecule has 0 atom stereocenters. The third-order valence-corrected chi connectivity index (χ3v) is 1.60. The average Bonchev–Trinajstić information content (AvgIpc) is 1.94. The van der Waals surface area contributed by atoms with Crippen LogP contribution in [-0.4, -0.2) is 12.0 Å². The molecule has 4 heteroatoms. The van der Waals surface area contributed by atoms with Crippen LogP contribution in [0.25, 0.3) is 0 Å². The smallest absolute Gasteiger partial charge is 0.108 e. The Kier molecular flexibility index (Phi) is 2.11. The molecule has 3 nitrogen and oxygen atoms in total. The van der Waals surface area contributed by atoms with Crippen molar-refractivity contribution in [2.75, 3.05) is 18.1 Å². The van der Waals surface area contributed by atoms with Gasteiger partial charge in [0.25, 0.3) is 0 Å². The first-order chi connectivity index (χ1) is 4.74. The zero-order chi connectivity index (χ0) is 7.56. The Bertz CT molecular complexity index is 236. The van der Waals surface area contributed by atoms with E-state index in [0.29, 0.717) is 5.69 Å². The number of rotatable bonds is 1. The predicted octanol–water partition coefficient (Wildman–Crippen LogP) is 1.47. The van der Waals surface area contributed by atoms with Crippen LogP contribution in [0.15, 0.2) is 16.9 Å². The molecule has 10 heavy (non-hydrogen) atoms. The molecule has 0 aliphatic carbocycles. The molecule has 54 valence electrons. The largest absolute Gasteiger partial charge is 0.396 e.